The number of rotatable bonds is 0. The van der Waals surface area contributed by atoms with E-state index in [9.17, 15) is 0 Å². The van der Waals surface area contributed by atoms with E-state index in [0.29, 0.717) is 0 Å². The summed E-state index contributed by atoms with van der Waals surface area (Å²) in [6, 6.07) is 20.1. The Morgan fingerprint density at radius 2 is 1.18 bits per heavy atom. The summed E-state index contributed by atoms with van der Waals surface area (Å²) in [7, 11) is 0. The van der Waals surface area contributed by atoms with Crippen molar-refractivity contribution in [2.24, 2.45) is 0 Å². The molecule has 0 heterocycles. The summed E-state index contributed by atoms with van der Waals surface area (Å²) in [5, 5.41) is 8.37. The molecule has 0 aliphatic carbocycles. The number of benzene rings is 4. The van der Waals surface area contributed by atoms with Crippen molar-refractivity contribution >= 4 is 60.3 Å². The minimum absolute atomic E-state index is 1.32. The van der Waals surface area contributed by atoms with Crippen LogP contribution in [0, 0.1) is 0 Å². The van der Waals surface area contributed by atoms with E-state index in [1.807, 2.05) is 0 Å². The Balaban J connectivity index is 2.48. The van der Waals surface area contributed by atoms with Crippen LogP contribution in [0.1, 0.15) is 0 Å². The average molecular weight is 410 g/mol. The maximum atomic E-state index is 2.28. The second-order valence-corrected chi connectivity index (χ2v) is 6.31. The second kappa shape index (κ2) is 3.40. The van der Waals surface area contributed by atoms with E-state index >= 15 is 0 Å². The van der Waals surface area contributed by atoms with Gasteiger partial charge in [-0.25, -0.2) is 0 Å². The fourth-order valence-corrected chi connectivity index (χ4v) is 3.73. The molecule has 0 nitrogen and oxygen atoms in total. The molecule has 0 bridgehead atoms. The SMILES string of the molecule is [Bi][c]1ccc2ccc3cccc4ccc1c2c34. The Labute approximate surface area is 114 Å². The molecule has 0 N–H and O–H groups in total. The van der Waals surface area contributed by atoms with E-state index < -0.39 is 0 Å². The van der Waals surface area contributed by atoms with Crippen LogP contribution in [-0.2, 0) is 0 Å². The molecule has 0 aliphatic heterocycles. The molecule has 0 amide bonds. The van der Waals surface area contributed by atoms with E-state index in [4.69, 9.17) is 0 Å². The third kappa shape index (κ3) is 1.26. The zero-order chi connectivity index (χ0) is 11.4. The van der Waals surface area contributed by atoms with E-state index in [0.717, 1.165) is 0 Å². The van der Waals surface area contributed by atoms with Gasteiger partial charge < -0.3 is 0 Å². The van der Waals surface area contributed by atoms with Gasteiger partial charge in [-0.3, -0.25) is 0 Å². The second-order valence-electron chi connectivity index (χ2n) is 4.44. The Kier molecular flexibility index (Phi) is 1.96. The summed E-state index contributed by atoms with van der Waals surface area (Å²) >= 11 is 1.32. The van der Waals surface area contributed by atoms with E-state index in [2.05, 4.69) is 54.6 Å². The van der Waals surface area contributed by atoms with Crippen LogP contribution in [0.5, 0.6) is 0 Å². The van der Waals surface area contributed by atoms with Crippen molar-refractivity contribution in [3.63, 3.8) is 0 Å². The van der Waals surface area contributed by atoms with Gasteiger partial charge in [0.2, 0.25) is 0 Å². The molecule has 4 aromatic carbocycles. The molecule has 0 aromatic heterocycles. The quantitative estimate of drug-likeness (QED) is 0.308. The van der Waals surface area contributed by atoms with Gasteiger partial charge in [0.05, 0.1) is 0 Å². The minimum atomic E-state index is 1.32. The topological polar surface area (TPSA) is 0 Å². The van der Waals surface area contributed by atoms with Gasteiger partial charge in [-0.1, -0.05) is 0 Å². The molecule has 0 atom stereocenters. The van der Waals surface area contributed by atoms with E-state index in [1.54, 1.807) is 0 Å². The maximum absolute atomic E-state index is 2.28. The van der Waals surface area contributed by atoms with Gasteiger partial charge >= 0.3 is 115 Å². The molecule has 78 valence electrons. The fourth-order valence-electron chi connectivity index (χ4n) is 2.72. The summed E-state index contributed by atoms with van der Waals surface area (Å²) in [6.07, 6.45) is 0. The predicted molar refractivity (Wildman–Crippen MR) is 75.5 cm³/mol. The summed E-state index contributed by atoms with van der Waals surface area (Å²) in [5.74, 6) is 0. The van der Waals surface area contributed by atoms with Gasteiger partial charge in [0.25, 0.3) is 0 Å². The van der Waals surface area contributed by atoms with Gasteiger partial charge in [0.1, 0.15) is 0 Å². The van der Waals surface area contributed by atoms with Crippen LogP contribution in [-0.4, -0.2) is 24.7 Å². The van der Waals surface area contributed by atoms with Gasteiger partial charge in [-0.05, 0) is 0 Å². The Bertz CT molecular complexity index is 830. The molecule has 4 aromatic rings. The number of hydrogen-bond donors (Lipinski definition) is 0. The third-order valence-electron chi connectivity index (χ3n) is 3.51. The molecular weight excluding hydrogens is 401 g/mol. The molecule has 0 aliphatic rings. The predicted octanol–water partition coefficient (Wildman–Crippen LogP) is 3.38. The Hall–Kier alpha value is -1.20. The first-order chi connectivity index (χ1) is 8.34. The van der Waals surface area contributed by atoms with Gasteiger partial charge in [0.15, 0.2) is 0 Å². The molecule has 17 heavy (non-hydrogen) atoms. The summed E-state index contributed by atoms with van der Waals surface area (Å²) in [6.45, 7) is 0. The zero-order valence-electron chi connectivity index (χ0n) is 9.14. The van der Waals surface area contributed by atoms with Crippen molar-refractivity contribution in [2.45, 2.75) is 0 Å². The normalized spacial score (nSPS) is 11.8. The van der Waals surface area contributed by atoms with Crippen LogP contribution in [0.15, 0.2) is 54.6 Å². The van der Waals surface area contributed by atoms with Gasteiger partial charge in [-0.2, -0.15) is 0 Å². The van der Waals surface area contributed by atoms with Crippen molar-refractivity contribution in [2.75, 3.05) is 0 Å². The monoisotopic (exact) mass is 410 g/mol. The van der Waals surface area contributed by atoms with E-state index in [1.165, 1.54) is 60.3 Å². The Morgan fingerprint density at radius 1 is 0.588 bits per heavy atom. The molecule has 0 saturated heterocycles. The van der Waals surface area contributed by atoms with Crippen molar-refractivity contribution in [1.82, 2.24) is 0 Å². The molecular formula is C16H9Bi. The fraction of sp³-hybridized carbons (Fsp3) is 0. The van der Waals surface area contributed by atoms with Crippen molar-refractivity contribution in [1.29, 1.82) is 0 Å². The summed E-state index contributed by atoms with van der Waals surface area (Å²) in [4.78, 5) is 0. The number of hydrogen-bond acceptors (Lipinski definition) is 0. The van der Waals surface area contributed by atoms with Crippen molar-refractivity contribution in [3.05, 3.63) is 54.6 Å². The van der Waals surface area contributed by atoms with Crippen molar-refractivity contribution in [3.8, 4) is 0 Å². The summed E-state index contributed by atoms with van der Waals surface area (Å²) in [5.41, 5.74) is 0. The molecule has 1 heteroatoms. The van der Waals surface area contributed by atoms with Crippen LogP contribution in [0.25, 0.3) is 32.3 Å². The van der Waals surface area contributed by atoms with Crippen LogP contribution < -0.4 is 3.27 Å². The van der Waals surface area contributed by atoms with Gasteiger partial charge in [0, 0.05) is 0 Å². The van der Waals surface area contributed by atoms with Crippen LogP contribution in [0.2, 0.25) is 0 Å². The summed E-state index contributed by atoms with van der Waals surface area (Å²) < 4.78 is 1.47. The first kappa shape index (κ1) is 9.79. The van der Waals surface area contributed by atoms with Crippen LogP contribution in [0.4, 0.5) is 0 Å². The van der Waals surface area contributed by atoms with Gasteiger partial charge in [-0.15, -0.1) is 0 Å². The molecule has 0 saturated carbocycles. The first-order valence-electron chi connectivity index (χ1n) is 5.70. The first-order valence-corrected chi connectivity index (χ1v) is 7.44. The Morgan fingerprint density at radius 3 is 1.94 bits per heavy atom. The zero-order valence-corrected chi connectivity index (χ0v) is 12.6. The molecule has 0 unspecified atom stereocenters. The van der Waals surface area contributed by atoms with E-state index in [-0.39, 0.29) is 0 Å². The molecule has 0 spiro atoms. The molecule has 2 radical (unpaired) electrons. The van der Waals surface area contributed by atoms with Crippen LogP contribution >= 0.6 is 0 Å². The van der Waals surface area contributed by atoms with Crippen LogP contribution in [0.3, 0.4) is 0 Å². The molecule has 0 fully saturated rings. The third-order valence-corrected chi connectivity index (χ3v) is 5.02. The average Bonchev–Trinajstić information content (AvgIpc) is 2.38. The standard InChI is InChI=1S/C16H9.Bi/c1-3-11-7-9-13-5-2-6-14-10-8-12(4-1)15(11)16(13)14;/h1-5,7-10H;. The molecule has 4 rings (SSSR count). The van der Waals surface area contributed by atoms with Crippen molar-refractivity contribution < 1.29 is 0 Å².